The highest BCUT2D eigenvalue weighted by Gasteiger charge is 2.29. The molecule has 1 N–H and O–H groups in total. The lowest BCUT2D eigenvalue weighted by molar-refractivity contribution is -0.127. The van der Waals surface area contributed by atoms with Gasteiger partial charge in [0.15, 0.2) is 0 Å². The fourth-order valence-electron chi connectivity index (χ4n) is 4.90. The molecule has 2 atom stereocenters. The number of piperidine rings is 1. The minimum Gasteiger partial charge on any atom is -0.440 e. The number of carbonyl (C=O) groups excluding carboxylic acids is 1. The predicted octanol–water partition coefficient (Wildman–Crippen LogP) is 5.12. The maximum atomic E-state index is 13.1. The number of aryl methyl sites for hydroxylation is 2. The van der Waals surface area contributed by atoms with Crippen LogP contribution in [0.15, 0.2) is 46.2 Å². The molecule has 0 saturated carbocycles. The zero-order valence-electron chi connectivity index (χ0n) is 18.0. The van der Waals surface area contributed by atoms with E-state index in [4.69, 9.17) is 9.40 Å². The van der Waals surface area contributed by atoms with Gasteiger partial charge in [-0.05, 0) is 68.1 Å². The van der Waals surface area contributed by atoms with Crippen LogP contribution in [0, 0.1) is 12.8 Å². The molecule has 2 unspecified atom stereocenters. The number of nitrogens with one attached hydrogen (secondary N) is 1. The second kappa shape index (κ2) is 8.97. The molecule has 3 heterocycles. The first-order chi connectivity index (χ1) is 15.2. The monoisotopic (exact) mass is 435 g/mol. The third-order valence-corrected chi connectivity index (χ3v) is 7.42. The number of nitrogens with zero attached hydrogens (tertiary/aromatic N) is 2. The largest absolute Gasteiger partial charge is 0.440 e. The number of hydrogen-bond donors (Lipinski definition) is 1. The van der Waals surface area contributed by atoms with Gasteiger partial charge in [0.25, 0.3) is 0 Å². The van der Waals surface area contributed by atoms with E-state index in [0.29, 0.717) is 5.89 Å². The maximum Gasteiger partial charge on any atom is 0.236 e. The first kappa shape index (κ1) is 20.5. The predicted molar refractivity (Wildman–Crippen MR) is 123 cm³/mol. The number of hydrogen-bond acceptors (Lipinski definition) is 5. The summed E-state index contributed by atoms with van der Waals surface area (Å²) >= 11 is 1.64. The zero-order chi connectivity index (χ0) is 21.2. The lowest BCUT2D eigenvalue weighted by Crippen LogP contribution is -2.44. The molecule has 3 aromatic rings. The summed E-state index contributed by atoms with van der Waals surface area (Å²) in [5, 5.41) is 5.40. The fourth-order valence-corrected chi connectivity index (χ4v) is 5.55. The molecule has 0 bridgehead atoms. The van der Waals surface area contributed by atoms with Gasteiger partial charge in [-0.25, -0.2) is 4.98 Å². The third-order valence-electron chi connectivity index (χ3n) is 6.56. The van der Waals surface area contributed by atoms with Gasteiger partial charge in [-0.3, -0.25) is 9.69 Å². The number of amides is 1. The average Bonchev–Trinajstić information content (AvgIpc) is 3.45. The molecule has 1 amide bonds. The van der Waals surface area contributed by atoms with Crippen molar-refractivity contribution in [3.05, 3.63) is 64.4 Å². The van der Waals surface area contributed by atoms with E-state index in [0.717, 1.165) is 68.1 Å². The third kappa shape index (κ3) is 4.46. The Morgan fingerprint density at radius 1 is 1.23 bits per heavy atom. The van der Waals surface area contributed by atoms with Crippen molar-refractivity contribution in [2.24, 2.45) is 5.92 Å². The minimum atomic E-state index is 0.0341. The molecule has 0 radical (unpaired) electrons. The van der Waals surface area contributed by atoms with Crippen molar-refractivity contribution in [2.45, 2.75) is 51.6 Å². The molecule has 1 fully saturated rings. The summed E-state index contributed by atoms with van der Waals surface area (Å²) in [6.45, 7) is 4.49. The van der Waals surface area contributed by atoms with E-state index in [1.165, 1.54) is 11.1 Å². The average molecular weight is 436 g/mol. The van der Waals surface area contributed by atoms with Crippen LogP contribution < -0.4 is 5.32 Å². The van der Waals surface area contributed by atoms with Gasteiger partial charge in [-0.2, -0.15) is 0 Å². The van der Waals surface area contributed by atoms with Gasteiger partial charge in [0.05, 0.1) is 22.5 Å². The molecule has 1 aliphatic heterocycles. The number of benzene rings is 1. The van der Waals surface area contributed by atoms with E-state index in [2.05, 4.69) is 34.5 Å². The Morgan fingerprint density at radius 2 is 2.13 bits per heavy atom. The van der Waals surface area contributed by atoms with Crippen molar-refractivity contribution in [2.75, 3.05) is 13.1 Å². The summed E-state index contributed by atoms with van der Waals surface area (Å²) in [6.07, 6.45) is 5.27. The van der Waals surface area contributed by atoms with Gasteiger partial charge < -0.3 is 9.73 Å². The van der Waals surface area contributed by atoms with Crippen LogP contribution in [0.5, 0.6) is 0 Å². The van der Waals surface area contributed by atoms with Crippen molar-refractivity contribution in [3.63, 3.8) is 0 Å². The van der Waals surface area contributed by atoms with Crippen LogP contribution in [0.2, 0.25) is 0 Å². The summed E-state index contributed by atoms with van der Waals surface area (Å²) in [7, 11) is 0. The molecule has 5 nitrogen and oxygen atoms in total. The second-order valence-electron chi connectivity index (χ2n) is 8.73. The first-order valence-electron chi connectivity index (χ1n) is 11.3. The molecular formula is C25H29N3O2S. The SMILES string of the molecule is Cc1oc(-c2cccs2)nc1CN1CCCC(C(=O)NC2CCCc3ccccc32)C1. The number of thiophene rings is 1. The summed E-state index contributed by atoms with van der Waals surface area (Å²) in [6, 6.07) is 12.7. The molecule has 5 rings (SSSR count). The van der Waals surface area contributed by atoms with Crippen LogP contribution in [-0.4, -0.2) is 28.9 Å². The molecule has 1 saturated heterocycles. The van der Waals surface area contributed by atoms with Crippen LogP contribution in [0.1, 0.15) is 54.3 Å². The van der Waals surface area contributed by atoms with Gasteiger partial charge in [0.1, 0.15) is 5.76 Å². The maximum absolute atomic E-state index is 13.1. The van der Waals surface area contributed by atoms with Crippen molar-refractivity contribution in [1.29, 1.82) is 0 Å². The van der Waals surface area contributed by atoms with Crippen molar-refractivity contribution < 1.29 is 9.21 Å². The van der Waals surface area contributed by atoms with Crippen molar-refractivity contribution >= 4 is 17.2 Å². The topological polar surface area (TPSA) is 58.4 Å². The van der Waals surface area contributed by atoms with Gasteiger partial charge in [-0.1, -0.05) is 30.3 Å². The van der Waals surface area contributed by atoms with E-state index in [9.17, 15) is 4.79 Å². The van der Waals surface area contributed by atoms with Crippen molar-refractivity contribution in [3.8, 4) is 10.8 Å². The highest BCUT2D eigenvalue weighted by atomic mass is 32.1. The molecule has 6 heteroatoms. The van der Waals surface area contributed by atoms with Gasteiger partial charge in [0.2, 0.25) is 11.8 Å². The highest BCUT2D eigenvalue weighted by Crippen LogP contribution is 2.31. The summed E-state index contributed by atoms with van der Waals surface area (Å²) in [4.78, 5) is 21.3. The molecule has 0 spiro atoms. The molecule has 162 valence electrons. The van der Waals surface area contributed by atoms with E-state index in [1.807, 2.05) is 24.4 Å². The summed E-state index contributed by atoms with van der Waals surface area (Å²) < 4.78 is 5.90. The number of carbonyl (C=O) groups is 1. The Labute approximate surface area is 187 Å². The Morgan fingerprint density at radius 3 is 3.00 bits per heavy atom. The quantitative estimate of drug-likeness (QED) is 0.604. The lowest BCUT2D eigenvalue weighted by Gasteiger charge is -2.33. The second-order valence-corrected chi connectivity index (χ2v) is 9.67. The summed E-state index contributed by atoms with van der Waals surface area (Å²) in [5.74, 6) is 1.80. The van der Waals surface area contributed by atoms with Crippen LogP contribution in [0.4, 0.5) is 0 Å². The van der Waals surface area contributed by atoms with Gasteiger partial charge in [-0.15, -0.1) is 11.3 Å². The number of aromatic nitrogens is 1. The van der Waals surface area contributed by atoms with Gasteiger partial charge >= 0.3 is 0 Å². The molecule has 1 aromatic carbocycles. The number of fused-ring (bicyclic) bond motifs is 1. The molecule has 2 aromatic heterocycles. The minimum absolute atomic E-state index is 0.0341. The van der Waals surface area contributed by atoms with Crippen LogP contribution in [0.3, 0.4) is 0 Å². The molecule has 1 aliphatic carbocycles. The number of rotatable bonds is 5. The number of likely N-dealkylation sites (tertiary alicyclic amines) is 1. The summed E-state index contributed by atoms with van der Waals surface area (Å²) in [5.41, 5.74) is 3.66. The fraction of sp³-hybridized carbons (Fsp3) is 0.440. The highest BCUT2D eigenvalue weighted by molar-refractivity contribution is 7.13. The Kier molecular flexibility index (Phi) is 5.92. The van der Waals surface area contributed by atoms with E-state index < -0.39 is 0 Å². The normalized spacial score (nSPS) is 21.6. The standard InChI is InChI=1S/C25H29N3O2S/c1-17-22(27-25(30-17)23-12-6-14-31-23)16-28-13-5-9-19(15-28)24(29)26-21-11-4-8-18-7-2-3-10-20(18)21/h2-3,6-7,10,12,14,19,21H,4-5,8-9,11,13,15-16H2,1H3,(H,26,29). The van der Waals surface area contributed by atoms with Crippen LogP contribution in [0.25, 0.3) is 10.8 Å². The molecular weight excluding hydrogens is 406 g/mol. The Hall–Kier alpha value is -2.44. The van der Waals surface area contributed by atoms with E-state index >= 15 is 0 Å². The van der Waals surface area contributed by atoms with E-state index in [1.54, 1.807) is 11.3 Å². The molecule has 2 aliphatic rings. The van der Waals surface area contributed by atoms with Crippen LogP contribution >= 0.6 is 11.3 Å². The molecule has 31 heavy (non-hydrogen) atoms. The van der Waals surface area contributed by atoms with Crippen molar-refractivity contribution in [1.82, 2.24) is 15.2 Å². The smallest absolute Gasteiger partial charge is 0.236 e. The Bertz CT molecular complexity index is 1040. The zero-order valence-corrected chi connectivity index (χ0v) is 18.8. The van der Waals surface area contributed by atoms with Crippen LogP contribution in [-0.2, 0) is 17.8 Å². The number of oxazole rings is 1. The van der Waals surface area contributed by atoms with Gasteiger partial charge in [0, 0.05) is 13.1 Å². The lowest BCUT2D eigenvalue weighted by atomic mass is 9.87. The van der Waals surface area contributed by atoms with E-state index in [-0.39, 0.29) is 17.9 Å². The first-order valence-corrected chi connectivity index (χ1v) is 12.2. The Balaban J connectivity index is 1.22.